The highest BCUT2D eigenvalue weighted by Gasteiger charge is 2.22. The van der Waals surface area contributed by atoms with Gasteiger partial charge in [-0.05, 0) is 49.9 Å². The van der Waals surface area contributed by atoms with Gasteiger partial charge in [0.1, 0.15) is 11.5 Å². The fourth-order valence-electron chi connectivity index (χ4n) is 3.01. The van der Waals surface area contributed by atoms with Gasteiger partial charge in [0.2, 0.25) is 5.91 Å². The number of carbonyl (C=O) groups is 1. The fourth-order valence-corrected chi connectivity index (χ4v) is 3.01. The molecule has 134 valence electrons. The Labute approximate surface area is 140 Å². The molecule has 0 unspecified atom stereocenters. The van der Waals surface area contributed by atoms with E-state index in [2.05, 4.69) is 22.3 Å². The van der Waals surface area contributed by atoms with Crippen LogP contribution in [0, 0.1) is 11.8 Å². The Morgan fingerprint density at radius 3 is 2.71 bits per heavy atom. The number of methoxy groups -OCH3 is 1. The maximum atomic E-state index is 12.5. The summed E-state index contributed by atoms with van der Waals surface area (Å²) in [5.74, 6) is 0.900. The van der Waals surface area contributed by atoms with Crippen molar-refractivity contribution in [3.05, 3.63) is 18.2 Å². The van der Waals surface area contributed by atoms with Crippen molar-refractivity contribution < 1.29 is 23.0 Å². The Hall–Kier alpha value is -1.89. The van der Waals surface area contributed by atoms with Gasteiger partial charge in [-0.3, -0.25) is 4.79 Å². The van der Waals surface area contributed by atoms with Crippen LogP contribution >= 0.6 is 0 Å². The van der Waals surface area contributed by atoms with Crippen molar-refractivity contribution in [3.63, 3.8) is 0 Å². The molecule has 0 saturated carbocycles. The molecule has 0 bridgehead atoms. The highest BCUT2D eigenvalue weighted by atomic mass is 19.3. The van der Waals surface area contributed by atoms with Crippen molar-refractivity contribution in [2.24, 2.45) is 11.8 Å². The van der Waals surface area contributed by atoms with Gasteiger partial charge >= 0.3 is 6.61 Å². The number of carbonyl (C=O) groups excluding carboxylic acids is 1. The van der Waals surface area contributed by atoms with Gasteiger partial charge in [-0.25, -0.2) is 0 Å². The lowest BCUT2D eigenvalue weighted by Crippen LogP contribution is -2.32. The standard InChI is InChI=1S/C17H24F2N2O3/c1-11(12-5-7-20-8-6-12)9-16(22)21-14-10-13(23-2)3-4-15(14)24-17(18)19/h3-4,10-12,17,20H,5-9H2,1-2H3,(H,21,22)/t11-/m0/s1. The minimum absolute atomic E-state index is 0.0753. The van der Waals surface area contributed by atoms with Crippen LogP contribution < -0.4 is 20.1 Å². The lowest BCUT2D eigenvalue weighted by atomic mass is 9.84. The summed E-state index contributed by atoms with van der Waals surface area (Å²) in [5.41, 5.74) is 0.192. The first-order valence-corrected chi connectivity index (χ1v) is 8.13. The van der Waals surface area contributed by atoms with E-state index in [4.69, 9.17) is 4.74 Å². The second-order valence-corrected chi connectivity index (χ2v) is 6.06. The van der Waals surface area contributed by atoms with Gasteiger partial charge in [-0.15, -0.1) is 0 Å². The van der Waals surface area contributed by atoms with Crippen LogP contribution in [0.4, 0.5) is 14.5 Å². The van der Waals surface area contributed by atoms with Crippen LogP contribution in [0.1, 0.15) is 26.2 Å². The van der Waals surface area contributed by atoms with E-state index in [0.717, 1.165) is 25.9 Å². The summed E-state index contributed by atoms with van der Waals surface area (Å²) in [6, 6.07) is 4.34. The summed E-state index contributed by atoms with van der Waals surface area (Å²) in [7, 11) is 1.47. The molecule has 2 rings (SSSR count). The molecule has 1 atom stereocenters. The summed E-state index contributed by atoms with van der Waals surface area (Å²) in [4.78, 5) is 12.3. The Balaban J connectivity index is 2.01. The van der Waals surface area contributed by atoms with E-state index in [1.165, 1.54) is 25.3 Å². The number of amides is 1. The Morgan fingerprint density at radius 2 is 2.08 bits per heavy atom. The number of alkyl halides is 2. The minimum Gasteiger partial charge on any atom is -0.497 e. The summed E-state index contributed by atoms with van der Waals surface area (Å²) in [5, 5.41) is 5.97. The zero-order valence-electron chi connectivity index (χ0n) is 14.0. The molecule has 1 fully saturated rings. The second kappa shape index (κ2) is 8.82. The molecule has 1 aliphatic rings. The number of ether oxygens (including phenoxy) is 2. The van der Waals surface area contributed by atoms with Gasteiger partial charge in [0.15, 0.2) is 0 Å². The van der Waals surface area contributed by atoms with E-state index in [1.54, 1.807) is 0 Å². The smallest absolute Gasteiger partial charge is 0.387 e. The van der Waals surface area contributed by atoms with Crippen molar-refractivity contribution in [2.75, 3.05) is 25.5 Å². The molecule has 2 N–H and O–H groups in total. The lowest BCUT2D eigenvalue weighted by Gasteiger charge is -2.28. The largest absolute Gasteiger partial charge is 0.497 e. The molecule has 0 aliphatic carbocycles. The number of rotatable bonds is 7. The van der Waals surface area contributed by atoms with Crippen molar-refractivity contribution in [2.45, 2.75) is 32.8 Å². The van der Waals surface area contributed by atoms with Gasteiger partial charge in [0.05, 0.1) is 12.8 Å². The molecular weight excluding hydrogens is 318 g/mol. The molecule has 7 heteroatoms. The lowest BCUT2D eigenvalue weighted by molar-refractivity contribution is -0.117. The first kappa shape index (κ1) is 18.4. The summed E-state index contributed by atoms with van der Waals surface area (Å²) in [6.45, 7) is 1.04. The van der Waals surface area contributed by atoms with E-state index < -0.39 is 6.61 Å². The fraction of sp³-hybridized carbons (Fsp3) is 0.588. The predicted octanol–water partition coefficient (Wildman–Crippen LogP) is 3.26. The van der Waals surface area contributed by atoms with E-state index in [9.17, 15) is 13.6 Å². The Morgan fingerprint density at radius 1 is 1.38 bits per heavy atom. The summed E-state index contributed by atoms with van der Waals surface area (Å²) < 4.78 is 34.5. The van der Waals surface area contributed by atoms with E-state index in [1.807, 2.05) is 0 Å². The van der Waals surface area contributed by atoms with E-state index in [0.29, 0.717) is 18.1 Å². The van der Waals surface area contributed by atoms with Gasteiger partial charge in [-0.2, -0.15) is 8.78 Å². The van der Waals surface area contributed by atoms with Crippen LogP contribution in [0.5, 0.6) is 11.5 Å². The Kier molecular flexibility index (Phi) is 6.78. The van der Waals surface area contributed by atoms with E-state index in [-0.39, 0.29) is 23.3 Å². The third-order valence-electron chi connectivity index (χ3n) is 4.37. The maximum absolute atomic E-state index is 12.5. The number of anilines is 1. The molecule has 1 aliphatic heterocycles. The molecule has 1 saturated heterocycles. The number of hydrogen-bond acceptors (Lipinski definition) is 4. The molecule has 5 nitrogen and oxygen atoms in total. The van der Waals surface area contributed by atoms with Gasteiger partial charge in [-0.1, -0.05) is 6.92 Å². The molecular formula is C17H24F2N2O3. The Bertz CT molecular complexity index is 549. The number of nitrogens with one attached hydrogen (secondary N) is 2. The normalized spacial score (nSPS) is 16.7. The van der Waals surface area contributed by atoms with Gasteiger partial charge in [0, 0.05) is 12.5 Å². The average molecular weight is 342 g/mol. The summed E-state index contributed by atoms with van der Waals surface area (Å²) in [6.07, 6.45) is 2.44. The molecule has 1 heterocycles. The number of hydrogen-bond donors (Lipinski definition) is 2. The van der Waals surface area contributed by atoms with E-state index >= 15 is 0 Å². The molecule has 1 aromatic rings. The molecule has 0 aromatic heterocycles. The molecule has 0 radical (unpaired) electrons. The van der Waals surface area contributed by atoms with Crippen molar-refractivity contribution in [3.8, 4) is 11.5 Å². The van der Waals surface area contributed by atoms with Crippen LogP contribution in [-0.2, 0) is 4.79 Å². The van der Waals surface area contributed by atoms with Crippen molar-refractivity contribution in [1.82, 2.24) is 5.32 Å². The molecule has 1 amide bonds. The average Bonchev–Trinajstić information content (AvgIpc) is 2.56. The molecule has 1 aromatic carbocycles. The SMILES string of the molecule is COc1ccc(OC(F)F)c(NC(=O)C[C@H](C)C2CCNCC2)c1. The summed E-state index contributed by atoms with van der Waals surface area (Å²) >= 11 is 0. The first-order valence-electron chi connectivity index (χ1n) is 8.13. The molecule has 24 heavy (non-hydrogen) atoms. The highest BCUT2D eigenvalue weighted by molar-refractivity contribution is 5.92. The highest BCUT2D eigenvalue weighted by Crippen LogP contribution is 2.31. The van der Waals surface area contributed by atoms with Crippen LogP contribution in [0.25, 0.3) is 0 Å². The second-order valence-electron chi connectivity index (χ2n) is 6.06. The maximum Gasteiger partial charge on any atom is 0.387 e. The van der Waals surface area contributed by atoms with Crippen molar-refractivity contribution in [1.29, 1.82) is 0 Å². The van der Waals surface area contributed by atoms with Crippen LogP contribution in [-0.4, -0.2) is 32.7 Å². The van der Waals surface area contributed by atoms with Gasteiger partial charge < -0.3 is 20.1 Å². The monoisotopic (exact) mass is 342 g/mol. The number of benzene rings is 1. The molecule has 0 spiro atoms. The number of halogens is 2. The van der Waals surface area contributed by atoms with Gasteiger partial charge in [0.25, 0.3) is 0 Å². The predicted molar refractivity (Wildman–Crippen MR) is 87.6 cm³/mol. The first-order chi connectivity index (χ1) is 11.5. The van der Waals surface area contributed by atoms with Crippen LogP contribution in [0.2, 0.25) is 0 Å². The third-order valence-corrected chi connectivity index (χ3v) is 4.37. The zero-order valence-corrected chi connectivity index (χ0v) is 14.0. The van der Waals surface area contributed by atoms with Crippen LogP contribution in [0.15, 0.2) is 18.2 Å². The quantitative estimate of drug-likeness (QED) is 0.798. The number of piperidine rings is 1. The van der Waals surface area contributed by atoms with Crippen molar-refractivity contribution >= 4 is 11.6 Å². The zero-order chi connectivity index (χ0) is 17.5. The topological polar surface area (TPSA) is 59.6 Å². The minimum atomic E-state index is -2.96. The third kappa shape index (κ3) is 5.33. The van der Waals surface area contributed by atoms with Crippen LogP contribution in [0.3, 0.4) is 0 Å².